The summed E-state index contributed by atoms with van der Waals surface area (Å²) >= 11 is 0. The van der Waals surface area contributed by atoms with E-state index < -0.39 is 7.60 Å². The van der Waals surface area contributed by atoms with E-state index in [4.69, 9.17) is 4.89 Å². The molecular formula is C4H9NNaO4P. The molecule has 11 heavy (non-hydrogen) atoms. The van der Waals surface area contributed by atoms with Gasteiger partial charge in [0.25, 0.3) is 0 Å². The monoisotopic (exact) mass is 189 g/mol. The van der Waals surface area contributed by atoms with Gasteiger partial charge in [-0.1, -0.05) is 6.92 Å². The maximum Gasteiger partial charge on any atom is 1.00 e. The summed E-state index contributed by atoms with van der Waals surface area (Å²) in [5.74, 6) is 0. The molecule has 0 heterocycles. The number of hydrogen-bond donors (Lipinski definition) is 1. The second-order valence-corrected chi connectivity index (χ2v) is 3.49. The van der Waals surface area contributed by atoms with E-state index in [2.05, 4.69) is 9.68 Å². The van der Waals surface area contributed by atoms with E-state index in [1.165, 1.54) is 0 Å². The van der Waals surface area contributed by atoms with Crippen molar-refractivity contribution in [2.45, 2.75) is 13.3 Å². The molecule has 60 valence electrons. The standard InChI is InChI=1S/C4H10NO4P.Na/c1-3-4(5-6)10(7,8)9-2;/h6H,3H2,1-2H3,(H,7,8);/q;+1/p-1/b5-4-;. The molecule has 0 saturated carbocycles. The third kappa shape index (κ3) is 4.25. The van der Waals surface area contributed by atoms with Crippen molar-refractivity contribution < 1.29 is 43.5 Å². The Bertz CT molecular complexity index is 183. The fourth-order valence-corrected chi connectivity index (χ4v) is 1.13. The predicted octanol–water partition coefficient (Wildman–Crippen LogP) is -1.87. The zero-order valence-corrected chi connectivity index (χ0v) is 9.67. The van der Waals surface area contributed by atoms with Gasteiger partial charge in [-0.05, 0) is 6.42 Å². The van der Waals surface area contributed by atoms with Gasteiger partial charge in [0.1, 0.15) is 5.45 Å². The summed E-state index contributed by atoms with van der Waals surface area (Å²) in [4.78, 5) is 8.79. The van der Waals surface area contributed by atoms with Crippen molar-refractivity contribution in [3.05, 3.63) is 5.21 Å². The molecule has 0 rings (SSSR count). The fourth-order valence-electron chi connectivity index (χ4n) is 0.421. The largest absolute Gasteiger partial charge is 1.00 e. The molecule has 0 aromatic carbocycles. The van der Waals surface area contributed by atoms with Crippen molar-refractivity contribution in [2.24, 2.45) is 5.16 Å². The van der Waals surface area contributed by atoms with Gasteiger partial charge in [-0.3, -0.25) is 4.57 Å². The van der Waals surface area contributed by atoms with E-state index in [1.54, 1.807) is 6.92 Å². The van der Waals surface area contributed by atoms with Crippen LogP contribution in [0.5, 0.6) is 0 Å². The molecule has 0 aromatic rings. The van der Waals surface area contributed by atoms with E-state index >= 15 is 0 Å². The van der Waals surface area contributed by atoms with Gasteiger partial charge in [0.2, 0.25) is 0 Å². The van der Waals surface area contributed by atoms with E-state index in [9.17, 15) is 9.77 Å². The Kier molecular flexibility index (Phi) is 7.94. The quantitative estimate of drug-likeness (QED) is 0.244. The minimum atomic E-state index is -3.85. The first kappa shape index (κ1) is 14.2. The molecule has 0 fully saturated rings. The zero-order chi connectivity index (χ0) is 8.20. The van der Waals surface area contributed by atoms with Gasteiger partial charge in [-0.15, -0.1) is 0 Å². The molecule has 0 bridgehead atoms. The van der Waals surface area contributed by atoms with E-state index in [-0.39, 0.29) is 41.4 Å². The van der Waals surface area contributed by atoms with Gasteiger partial charge in [-0.25, -0.2) is 0 Å². The minimum absolute atomic E-state index is 0. The molecule has 7 heteroatoms. The van der Waals surface area contributed by atoms with Gasteiger partial charge >= 0.3 is 37.2 Å². The Labute approximate surface area is 87.3 Å². The topological polar surface area (TPSA) is 82.0 Å². The number of nitrogens with zero attached hydrogens (tertiary/aromatic N) is 1. The van der Waals surface area contributed by atoms with Crippen LogP contribution in [0, 0.1) is 5.21 Å². The molecule has 1 atom stereocenters. The molecule has 1 N–H and O–H groups in total. The molecule has 0 aliphatic heterocycles. The average Bonchev–Trinajstić information content (AvgIpc) is 1.90. The molecule has 0 spiro atoms. The molecule has 0 aliphatic rings. The van der Waals surface area contributed by atoms with E-state index in [0.717, 1.165) is 7.11 Å². The Morgan fingerprint density at radius 3 is 2.36 bits per heavy atom. The second kappa shape index (κ2) is 6.17. The van der Waals surface area contributed by atoms with Gasteiger partial charge < -0.3 is 19.8 Å². The molecule has 0 saturated heterocycles. The molecule has 1 unspecified atom stereocenters. The maximum atomic E-state index is 10.7. The van der Waals surface area contributed by atoms with Gasteiger partial charge in [-0.2, -0.15) is 0 Å². The van der Waals surface area contributed by atoms with Crippen molar-refractivity contribution in [2.75, 3.05) is 7.11 Å². The number of rotatable bonds is 3. The Morgan fingerprint density at radius 1 is 1.82 bits per heavy atom. The van der Waals surface area contributed by atoms with Crippen LogP contribution in [0.4, 0.5) is 0 Å². The molecule has 5 nitrogen and oxygen atoms in total. The van der Waals surface area contributed by atoms with Gasteiger partial charge in [0.15, 0.2) is 0 Å². The molecular weight excluding hydrogens is 180 g/mol. The summed E-state index contributed by atoms with van der Waals surface area (Å²) in [6.07, 6.45) is 0.130. The predicted molar refractivity (Wildman–Crippen MR) is 37.9 cm³/mol. The number of hydrogen-bond acceptors (Lipinski definition) is 4. The molecule has 0 amide bonds. The summed E-state index contributed by atoms with van der Waals surface area (Å²) in [5, 5.41) is 12.2. The Hall–Kier alpha value is 0.620. The van der Waals surface area contributed by atoms with Crippen LogP contribution in [0.15, 0.2) is 5.16 Å². The normalized spacial score (nSPS) is 16.8. The SMILES string of the molecule is CC/C(=N/[O-])P(=O)(O)OC.[Na+]. The summed E-state index contributed by atoms with van der Waals surface area (Å²) in [5.41, 5.74) is -0.338. The molecule has 0 aliphatic carbocycles. The summed E-state index contributed by atoms with van der Waals surface area (Å²) in [7, 11) is -2.79. The Morgan fingerprint density at radius 2 is 2.27 bits per heavy atom. The molecule has 0 radical (unpaired) electrons. The van der Waals surface area contributed by atoms with Crippen molar-refractivity contribution in [1.82, 2.24) is 0 Å². The first-order valence-electron chi connectivity index (χ1n) is 2.66. The van der Waals surface area contributed by atoms with Crippen LogP contribution in [-0.2, 0) is 9.09 Å². The second-order valence-electron chi connectivity index (χ2n) is 1.56. The smallest absolute Gasteiger partial charge is 0.792 e. The van der Waals surface area contributed by atoms with Crippen LogP contribution >= 0.6 is 7.60 Å². The minimum Gasteiger partial charge on any atom is -0.792 e. The third-order valence-electron chi connectivity index (χ3n) is 0.995. The third-order valence-corrected chi connectivity index (χ3v) is 2.54. The Balaban J connectivity index is 0. The maximum absolute atomic E-state index is 10.7. The van der Waals surface area contributed by atoms with Crippen LogP contribution < -0.4 is 29.6 Å². The van der Waals surface area contributed by atoms with Gasteiger partial charge in [0, 0.05) is 7.11 Å². The van der Waals surface area contributed by atoms with Crippen LogP contribution in [0.3, 0.4) is 0 Å². The van der Waals surface area contributed by atoms with Crippen LogP contribution in [0.25, 0.3) is 0 Å². The van der Waals surface area contributed by atoms with Crippen LogP contribution in [-0.4, -0.2) is 17.5 Å². The zero-order valence-electron chi connectivity index (χ0n) is 6.77. The van der Waals surface area contributed by atoms with E-state index in [1.807, 2.05) is 0 Å². The van der Waals surface area contributed by atoms with Crippen molar-refractivity contribution in [3.8, 4) is 0 Å². The van der Waals surface area contributed by atoms with Crippen molar-refractivity contribution in [3.63, 3.8) is 0 Å². The fraction of sp³-hybridized carbons (Fsp3) is 0.750. The van der Waals surface area contributed by atoms with Gasteiger partial charge in [0.05, 0.1) is 0 Å². The first-order valence-corrected chi connectivity index (χ1v) is 4.24. The first-order chi connectivity index (χ1) is 4.58. The van der Waals surface area contributed by atoms with Crippen LogP contribution in [0.1, 0.15) is 13.3 Å². The van der Waals surface area contributed by atoms with E-state index in [0.29, 0.717) is 0 Å². The van der Waals surface area contributed by atoms with Crippen molar-refractivity contribution in [1.29, 1.82) is 0 Å². The van der Waals surface area contributed by atoms with Crippen molar-refractivity contribution >= 4 is 13.0 Å². The average molecular weight is 189 g/mol. The summed E-state index contributed by atoms with van der Waals surface area (Å²) in [6, 6.07) is 0. The van der Waals surface area contributed by atoms with Crippen LogP contribution in [0.2, 0.25) is 0 Å². The molecule has 0 aromatic heterocycles. The summed E-state index contributed by atoms with van der Waals surface area (Å²) < 4.78 is 14.9. The summed E-state index contributed by atoms with van der Waals surface area (Å²) in [6.45, 7) is 1.55.